The monoisotopic (exact) mass is 201 g/mol. The number of aromatic nitrogens is 3. The Bertz CT molecular complexity index is 318. The molecular weight excluding hydrogens is 188 g/mol. The summed E-state index contributed by atoms with van der Waals surface area (Å²) in [6.45, 7) is 2.24. The molecule has 1 heterocycles. The van der Waals surface area contributed by atoms with Gasteiger partial charge in [-0.05, 0) is 25.7 Å². The number of rotatable bonds is 3. The maximum absolute atomic E-state index is 12.5. The number of aryl methyl sites for hydroxylation is 1. The highest BCUT2D eigenvalue weighted by molar-refractivity contribution is 4.93. The zero-order valence-corrected chi connectivity index (χ0v) is 8.08. The molecule has 3 nitrogen and oxygen atoms in total. The van der Waals surface area contributed by atoms with Crippen LogP contribution in [0.15, 0.2) is 0 Å². The van der Waals surface area contributed by atoms with Crippen molar-refractivity contribution in [1.29, 1.82) is 0 Å². The average Bonchev–Trinajstić information content (AvgIpc) is 2.39. The van der Waals surface area contributed by atoms with Crippen LogP contribution in [0.2, 0.25) is 0 Å². The summed E-state index contributed by atoms with van der Waals surface area (Å²) in [5.41, 5.74) is 0. The number of halogens is 2. The first-order valence-corrected chi connectivity index (χ1v) is 4.86. The van der Waals surface area contributed by atoms with E-state index in [1.807, 2.05) is 0 Å². The second-order valence-electron chi connectivity index (χ2n) is 3.80. The van der Waals surface area contributed by atoms with Crippen molar-refractivity contribution < 1.29 is 8.78 Å². The van der Waals surface area contributed by atoms with Crippen LogP contribution in [0.3, 0.4) is 0 Å². The molecule has 14 heavy (non-hydrogen) atoms. The molecule has 1 aliphatic rings. The highest BCUT2D eigenvalue weighted by Crippen LogP contribution is 2.29. The van der Waals surface area contributed by atoms with Crippen LogP contribution >= 0.6 is 0 Å². The molecule has 1 aliphatic carbocycles. The first-order valence-electron chi connectivity index (χ1n) is 4.86. The Morgan fingerprint density at radius 3 is 2.71 bits per heavy atom. The van der Waals surface area contributed by atoms with E-state index < -0.39 is 6.43 Å². The van der Waals surface area contributed by atoms with Crippen LogP contribution in [-0.2, 0) is 6.54 Å². The molecule has 0 bridgehead atoms. The quantitative estimate of drug-likeness (QED) is 0.751. The van der Waals surface area contributed by atoms with E-state index >= 15 is 0 Å². The number of nitrogens with zero attached hydrogens (tertiary/aromatic N) is 3. The van der Waals surface area contributed by atoms with Crippen molar-refractivity contribution in [2.75, 3.05) is 0 Å². The fourth-order valence-electron chi connectivity index (χ4n) is 1.69. The molecule has 0 radical (unpaired) electrons. The Morgan fingerprint density at radius 1 is 1.50 bits per heavy atom. The molecule has 0 spiro atoms. The highest BCUT2D eigenvalue weighted by Gasteiger charge is 2.23. The van der Waals surface area contributed by atoms with Crippen LogP contribution in [-0.4, -0.2) is 14.8 Å². The number of hydrogen-bond acceptors (Lipinski definition) is 2. The van der Waals surface area contributed by atoms with Gasteiger partial charge in [-0.25, -0.2) is 18.4 Å². The van der Waals surface area contributed by atoms with Crippen LogP contribution in [0.5, 0.6) is 0 Å². The summed E-state index contributed by atoms with van der Waals surface area (Å²) in [5.74, 6) is 0.766. The van der Waals surface area contributed by atoms with Crippen molar-refractivity contribution in [2.45, 2.75) is 39.2 Å². The molecule has 1 aromatic heterocycles. The Morgan fingerprint density at radius 2 is 2.21 bits per heavy atom. The lowest BCUT2D eigenvalue weighted by molar-refractivity contribution is 0.128. The molecule has 0 atom stereocenters. The summed E-state index contributed by atoms with van der Waals surface area (Å²) in [4.78, 5) is 3.72. The van der Waals surface area contributed by atoms with Gasteiger partial charge in [0.1, 0.15) is 5.82 Å². The van der Waals surface area contributed by atoms with Gasteiger partial charge in [-0.1, -0.05) is 6.42 Å². The van der Waals surface area contributed by atoms with Gasteiger partial charge in [0.15, 0.2) is 5.82 Å². The van der Waals surface area contributed by atoms with Crippen molar-refractivity contribution in [1.82, 2.24) is 14.8 Å². The van der Waals surface area contributed by atoms with E-state index in [0.29, 0.717) is 18.3 Å². The Kier molecular flexibility index (Phi) is 2.48. The third-order valence-electron chi connectivity index (χ3n) is 2.66. The SMILES string of the molecule is Cc1nc(C(F)F)n(CC2CCC2)n1. The van der Waals surface area contributed by atoms with Gasteiger partial charge in [0.05, 0.1) is 0 Å². The van der Waals surface area contributed by atoms with Crippen LogP contribution in [0.4, 0.5) is 8.78 Å². The molecule has 2 rings (SSSR count). The van der Waals surface area contributed by atoms with Crippen LogP contribution in [0.1, 0.15) is 37.3 Å². The molecule has 0 saturated heterocycles. The molecule has 1 aromatic rings. The molecule has 1 saturated carbocycles. The molecule has 0 unspecified atom stereocenters. The van der Waals surface area contributed by atoms with Gasteiger partial charge in [-0.3, -0.25) is 0 Å². The largest absolute Gasteiger partial charge is 0.297 e. The normalized spacial score (nSPS) is 17.4. The zero-order valence-electron chi connectivity index (χ0n) is 8.08. The average molecular weight is 201 g/mol. The molecule has 0 aromatic carbocycles. The second-order valence-corrected chi connectivity index (χ2v) is 3.80. The van der Waals surface area contributed by atoms with Crippen LogP contribution < -0.4 is 0 Å². The summed E-state index contributed by atoms with van der Waals surface area (Å²) >= 11 is 0. The molecule has 0 amide bonds. The Balaban J connectivity index is 2.13. The fraction of sp³-hybridized carbons (Fsp3) is 0.778. The van der Waals surface area contributed by atoms with Crippen molar-refractivity contribution in [2.24, 2.45) is 5.92 Å². The van der Waals surface area contributed by atoms with Crippen molar-refractivity contribution in [3.05, 3.63) is 11.6 Å². The minimum atomic E-state index is -2.52. The van der Waals surface area contributed by atoms with Crippen molar-refractivity contribution in [3.8, 4) is 0 Å². The summed E-state index contributed by atoms with van der Waals surface area (Å²) in [6.07, 6.45) is 0.946. The van der Waals surface area contributed by atoms with E-state index in [9.17, 15) is 8.78 Å². The lowest BCUT2D eigenvalue weighted by Crippen LogP contribution is -2.20. The first-order chi connectivity index (χ1) is 6.66. The standard InChI is InChI=1S/C9H13F2N3/c1-6-12-9(8(10)11)14(13-6)5-7-3-2-4-7/h7-8H,2-5H2,1H3. The molecule has 0 N–H and O–H groups in total. The van der Waals surface area contributed by atoms with E-state index in [2.05, 4.69) is 10.1 Å². The second kappa shape index (κ2) is 3.63. The molecule has 1 fully saturated rings. The van der Waals surface area contributed by atoms with Gasteiger partial charge in [0, 0.05) is 6.54 Å². The van der Waals surface area contributed by atoms with Gasteiger partial charge in [-0.2, -0.15) is 5.10 Å². The van der Waals surface area contributed by atoms with E-state index in [1.165, 1.54) is 11.1 Å². The molecule has 0 aliphatic heterocycles. The van der Waals surface area contributed by atoms with Gasteiger partial charge in [0.25, 0.3) is 6.43 Å². The third kappa shape index (κ3) is 1.76. The summed E-state index contributed by atoms with van der Waals surface area (Å²) in [7, 11) is 0. The van der Waals surface area contributed by atoms with Crippen LogP contribution in [0.25, 0.3) is 0 Å². The minimum Gasteiger partial charge on any atom is -0.244 e. The Labute approximate surface area is 81.1 Å². The van der Waals surface area contributed by atoms with E-state index in [1.54, 1.807) is 6.92 Å². The third-order valence-corrected chi connectivity index (χ3v) is 2.66. The lowest BCUT2D eigenvalue weighted by Gasteiger charge is -2.25. The predicted octanol–water partition coefficient (Wildman–Crippen LogP) is 2.32. The number of alkyl halides is 2. The molecule has 5 heteroatoms. The summed E-state index contributed by atoms with van der Waals surface area (Å²) in [5, 5.41) is 3.98. The maximum atomic E-state index is 12.5. The van der Waals surface area contributed by atoms with Gasteiger partial charge in [0.2, 0.25) is 0 Å². The zero-order chi connectivity index (χ0) is 10.1. The fourth-order valence-corrected chi connectivity index (χ4v) is 1.69. The van der Waals surface area contributed by atoms with Gasteiger partial charge < -0.3 is 0 Å². The predicted molar refractivity (Wildman–Crippen MR) is 47.1 cm³/mol. The van der Waals surface area contributed by atoms with Crippen LogP contribution in [0, 0.1) is 12.8 Å². The summed E-state index contributed by atoms with van der Waals surface area (Å²) in [6, 6.07) is 0. The van der Waals surface area contributed by atoms with E-state index in [4.69, 9.17) is 0 Å². The van der Waals surface area contributed by atoms with Crippen molar-refractivity contribution in [3.63, 3.8) is 0 Å². The lowest BCUT2D eigenvalue weighted by atomic mass is 9.85. The summed E-state index contributed by atoms with van der Waals surface area (Å²) < 4.78 is 26.3. The molecule has 78 valence electrons. The van der Waals surface area contributed by atoms with Gasteiger partial charge >= 0.3 is 0 Å². The smallest absolute Gasteiger partial charge is 0.244 e. The Hall–Kier alpha value is -1.00. The van der Waals surface area contributed by atoms with Crippen molar-refractivity contribution >= 4 is 0 Å². The topological polar surface area (TPSA) is 30.7 Å². The van der Waals surface area contributed by atoms with E-state index in [0.717, 1.165) is 12.8 Å². The highest BCUT2D eigenvalue weighted by atomic mass is 19.3. The molecular formula is C9H13F2N3. The number of hydrogen-bond donors (Lipinski definition) is 0. The van der Waals surface area contributed by atoms with Gasteiger partial charge in [-0.15, -0.1) is 0 Å². The van der Waals surface area contributed by atoms with E-state index in [-0.39, 0.29) is 5.82 Å². The maximum Gasteiger partial charge on any atom is 0.297 e. The first kappa shape index (κ1) is 9.55. The minimum absolute atomic E-state index is 0.186.